The summed E-state index contributed by atoms with van der Waals surface area (Å²) in [7, 11) is 1.81. The molecule has 4 heteroatoms. The van der Waals surface area contributed by atoms with Crippen LogP contribution in [-0.4, -0.2) is 41.8 Å². The minimum absolute atomic E-state index is 0.0677. The van der Waals surface area contributed by atoms with Crippen LogP contribution in [-0.2, 0) is 9.59 Å². The summed E-state index contributed by atoms with van der Waals surface area (Å²) in [5.74, 6) is -0.0165. The van der Waals surface area contributed by atoms with Crippen molar-refractivity contribution in [1.82, 2.24) is 9.80 Å². The van der Waals surface area contributed by atoms with Gasteiger partial charge >= 0.3 is 0 Å². The average Bonchev–Trinajstić information content (AvgIpc) is 3.09. The Morgan fingerprint density at radius 1 is 1.14 bits per heavy atom. The van der Waals surface area contributed by atoms with Gasteiger partial charge in [-0.15, -0.1) is 0 Å². The highest BCUT2D eigenvalue weighted by Crippen LogP contribution is 2.38. The molecule has 2 amide bonds. The highest BCUT2D eigenvalue weighted by molar-refractivity contribution is 5.90. The molecule has 2 saturated heterocycles. The van der Waals surface area contributed by atoms with Gasteiger partial charge in [0.15, 0.2) is 0 Å². The number of carbonyl (C=O) groups is 2. The monoisotopic (exact) mass is 286 g/mol. The van der Waals surface area contributed by atoms with Crippen molar-refractivity contribution in [2.75, 3.05) is 20.1 Å². The third kappa shape index (κ3) is 2.55. The van der Waals surface area contributed by atoms with E-state index < -0.39 is 0 Å². The van der Waals surface area contributed by atoms with Crippen molar-refractivity contribution in [2.45, 2.75) is 32.2 Å². The lowest BCUT2D eigenvalue weighted by Crippen LogP contribution is -2.36. The molecule has 2 atom stereocenters. The van der Waals surface area contributed by atoms with Crippen molar-refractivity contribution in [1.29, 1.82) is 0 Å². The van der Waals surface area contributed by atoms with Crippen LogP contribution in [0, 0.1) is 12.8 Å². The van der Waals surface area contributed by atoms with Gasteiger partial charge in [-0.05, 0) is 25.3 Å². The molecule has 0 aromatic heterocycles. The van der Waals surface area contributed by atoms with Crippen LogP contribution in [0.3, 0.4) is 0 Å². The summed E-state index contributed by atoms with van der Waals surface area (Å²) < 4.78 is 0. The number of hydrogen-bond donors (Lipinski definition) is 0. The highest BCUT2D eigenvalue weighted by atomic mass is 16.2. The molecule has 21 heavy (non-hydrogen) atoms. The Morgan fingerprint density at radius 3 is 2.38 bits per heavy atom. The minimum Gasteiger partial charge on any atom is -0.342 e. The molecule has 0 spiro atoms. The van der Waals surface area contributed by atoms with Crippen LogP contribution >= 0.6 is 0 Å². The second kappa shape index (κ2) is 5.51. The number of aryl methyl sites for hydroxylation is 1. The summed E-state index contributed by atoms with van der Waals surface area (Å²) in [6.45, 7) is 3.72. The molecular formula is C17H22N2O2. The fourth-order valence-electron chi connectivity index (χ4n) is 3.48. The number of amides is 2. The second-order valence-corrected chi connectivity index (χ2v) is 6.20. The van der Waals surface area contributed by atoms with Crippen LogP contribution in [0.4, 0.5) is 0 Å². The first-order valence-electron chi connectivity index (χ1n) is 7.69. The largest absolute Gasteiger partial charge is 0.342 e. The first kappa shape index (κ1) is 14.1. The van der Waals surface area contributed by atoms with Crippen molar-refractivity contribution in [3.63, 3.8) is 0 Å². The molecule has 4 nitrogen and oxygen atoms in total. The Hall–Kier alpha value is -1.84. The van der Waals surface area contributed by atoms with E-state index in [1.807, 2.05) is 43.1 Å². The second-order valence-electron chi connectivity index (χ2n) is 6.20. The van der Waals surface area contributed by atoms with Gasteiger partial charge in [0.25, 0.3) is 0 Å². The fourth-order valence-corrected chi connectivity index (χ4v) is 3.48. The van der Waals surface area contributed by atoms with Crippen molar-refractivity contribution >= 4 is 11.8 Å². The SMILES string of the molecule is Cc1ccc(C2C(C(=O)N3CCCC3)CC(=O)N2C)cc1. The normalized spacial score (nSPS) is 25.7. The van der Waals surface area contributed by atoms with E-state index in [0.717, 1.165) is 31.5 Å². The van der Waals surface area contributed by atoms with Gasteiger partial charge in [0, 0.05) is 26.6 Å². The lowest BCUT2D eigenvalue weighted by Gasteiger charge is -2.27. The summed E-state index contributed by atoms with van der Waals surface area (Å²) >= 11 is 0. The number of hydrogen-bond acceptors (Lipinski definition) is 2. The number of benzene rings is 1. The van der Waals surface area contributed by atoms with E-state index in [-0.39, 0.29) is 23.8 Å². The zero-order valence-electron chi connectivity index (χ0n) is 12.7. The molecular weight excluding hydrogens is 264 g/mol. The van der Waals surface area contributed by atoms with Gasteiger partial charge in [-0.2, -0.15) is 0 Å². The summed E-state index contributed by atoms with van der Waals surface area (Å²) in [5, 5.41) is 0. The third-order valence-electron chi connectivity index (χ3n) is 4.74. The summed E-state index contributed by atoms with van der Waals surface area (Å²) in [6.07, 6.45) is 2.50. The minimum atomic E-state index is -0.233. The van der Waals surface area contributed by atoms with Crippen molar-refractivity contribution < 1.29 is 9.59 Å². The van der Waals surface area contributed by atoms with Gasteiger partial charge in [-0.25, -0.2) is 0 Å². The van der Waals surface area contributed by atoms with Crippen LogP contribution in [0.1, 0.15) is 36.4 Å². The van der Waals surface area contributed by atoms with E-state index in [1.165, 1.54) is 5.56 Å². The van der Waals surface area contributed by atoms with Crippen LogP contribution in [0.2, 0.25) is 0 Å². The zero-order valence-corrected chi connectivity index (χ0v) is 12.7. The topological polar surface area (TPSA) is 40.6 Å². The molecule has 0 aliphatic carbocycles. The molecule has 0 N–H and O–H groups in total. The van der Waals surface area contributed by atoms with Crippen molar-refractivity contribution in [3.05, 3.63) is 35.4 Å². The van der Waals surface area contributed by atoms with E-state index >= 15 is 0 Å². The first-order valence-corrected chi connectivity index (χ1v) is 7.69. The van der Waals surface area contributed by atoms with Crippen LogP contribution < -0.4 is 0 Å². The lowest BCUT2D eigenvalue weighted by atomic mass is 9.92. The number of likely N-dealkylation sites (tertiary alicyclic amines) is 2. The Balaban J connectivity index is 1.88. The van der Waals surface area contributed by atoms with Crippen LogP contribution in [0.25, 0.3) is 0 Å². The Bertz CT molecular complexity index is 546. The smallest absolute Gasteiger partial charge is 0.228 e. The summed E-state index contributed by atoms with van der Waals surface area (Å²) in [6, 6.07) is 8.05. The molecule has 2 aliphatic heterocycles. The maximum Gasteiger partial charge on any atom is 0.228 e. The summed E-state index contributed by atoms with van der Waals surface area (Å²) in [5.41, 5.74) is 2.25. The van der Waals surface area contributed by atoms with Crippen molar-refractivity contribution in [2.24, 2.45) is 5.92 Å². The first-order chi connectivity index (χ1) is 10.1. The molecule has 2 unspecified atom stereocenters. The van der Waals surface area contributed by atoms with Gasteiger partial charge in [0.1, 0.15) is 0 Å². The molecule has 2 aliphatic rings. The predicted molar refractivity (Wildman–Crippen MR) is 80.6 cm³/mol. The van der Waals surface area contributed by atoms with E-state index in [4.69, 9.17) is 0 Å². The molecule has 0 saturated carbocycles. The molecule has 2 fully saturated rings. The van der Waals surface area contributed by atoms with Gasteiger partial charge in [0.05, 0.1) is 12.0 Å². The lowest BCUT2D eigenvalue weighted by molar-refractivity contribution is -0.135. The third-order valence-corrected chi connectivity index (χ3v) is 4.74. The van der Waals surface area contributed by atoms with E-state index in [1.54, 1.807) is 4.90 Å². The fraction of sp³-hybridized carbons (Fsp3) is 0.529. The zero-order chi connectivity index (χ0) is 15.0. The van der Waals surface area contributed by atoms with Crippen LogP contribution in [0.5, 0.6) is 0 Å². The molecule has 1 aromatic carbocycles. The van der Waals surface area contributed by atoms with Gasteiger partial charge in [0.2, 0.25) is 11.8 Å². The molecule has 1 aromatic rings. The molecule has 2 heterocycles. The van der Waals surface area contributed by atoms with E-state index in [0.29, 0.717) is 6.42 Å². The van der Waals surface area contributed by atoms with Gasteiger partial charge in [-0.1, -0.05) is 29.8 Å². The Kier molecular flexibility index (Phi) is 3.70. The van der Waals surface area contributed by atoms with Crippen molar-refractivity contribution in [3.8, 4) is 0 Å². The maximum atomic E-state index is 12.7. The van der Waals surface area contributed by atoms with E-state index in [2.05, 4.69) is 0 Å². The molecule has 0 radical (unpaired) electrons. The number of carbonyl (C=O) groups excluding carboxylic acids is 2. The molecule has 112 valence electrons. The highest BCUT2D eigenvalue weighted by Gasteiger charge is 2.44. The maximum absolute atomic E-state index is 12.7. The number of rotatable bonds is 2. The predicted octanol–water partition coefficient (Wildman–Crippen LogP) is 2.14. The standard InChI is InChI=1S/C17H22N2O2/c1-12-5-7-13(8-6-12)16-14(11-15(20)18(16)2)17(21)19-9-3-4-10-19/h5-8,14,16H,3-4,9-11H2,1-2H3. The quantitative estimate of drug-likeness (QED) is 0.835. The van der Waals surface area contributed by atoms with E-state index in [9.17, 15) is 9.59 Å². The van der Waals surface area contributed by atoms with Gasteiger partial charge in [-0.3, -0.25) is 9.59 Å². The molecule has 0 bridgehead atoms. The average molecular weight is 286 g/mol. The summed E-state index contributed by atoms with van der Waals surface area (Å²) in [4.78, 5) is 28.5. The van der Waals surface area contributed by atoms with Crippen LogP contribution in [0.15, 0.2) is 24.3 Å². The Morgan fingerprint density at radius 2 is 1.76 bits per heavy atom. The van der Waals surface area contributed by atoms with Gasteiger partial charge < -0.3 is 9.80 Å². The number of nitrogens with zero attached hydrogens (tertiary/aromatic N) is 2. The Labute approximate surface area is 125 Å². The molecule has 3 rings (SSSR count).